The van der Waals surface area contributed by atoms with E-state index in [-0.39, 0.29) is 17.8 Å². The van der Waals surface area contributed by atoms with Crippen LogP contribution in [0.5, 0.6) is 0 Å². The third kappa shape index (κ3) is 4.17. The Morgan fingerprint density at radius 3 is 2.39 bits per heavy atom. The summed E-state index contributed by atoms with van der Waals surface area (Å²) in [4.78, 5) is 32.5. The van der Waals surface area contributed by atoms with E-state index in [0.29, 0.717) is 40.1 Å². The number of aryl methyl sites for hydroxylation is 1. The van der Waals surface area contributed by atoms with E-state index in [1.807, 2.05) is 24.5 Å². The summed E-state index contributed by atoms with van der Waals surface area (Å²) in [5, 5.41) is 1.05. The minimum absolute atomic E-state index is 0.101. The Morgan fingerprint density at radius 1 is 1.06 bits per heavy atom. The minimum atomic E-state index is -0.410. The molecule has 10 heteroatoms. The molecule has 0 N–H and O–H groups in total. The van der Waals surface area contributed by atoms with E-state index >= 15 is 0 Å². The summed E-state index contributed by atoms with van der Waals surface area (Å²) in [7, 11) is 3.10. The van der Waals surface area contributed by atoms with Crippen LogP contribution in [0.25, 0.3) is 11.2 Å². The zero-order valence-electron chi connectivity index (χ0n) is 17.9. The summed E-state index contributed by atoms with van der Waals surface area (Å²) in [6, 6.07) is 5.28. The second-order valence-corrected chi connectivity index (χ2v) is 9.02. The molecule has 0 unspecified atom stereocenters. The van der Waals surface area contributed by atoms with E-state index in [1.54, 1.807) is 19.2 Å². The SMILES string of the molecule is C[C@@H]1CN(Cc2nc3c(c(=O)n(C)c(=O)n3C)n2Cc2ccc(Cl)cc2Cl)C[C@H](C)O1. The topological polar surface area (TPSA) is 74.3 Å². The fourth-order valence-electron chi connectivity index (χ4n) is 4.22. The average Bonchev–Trinajstić information content (AvgIpc) is 3.04. The number of hydrogen-bond donors (Lipinski definition) is 0. The lowest BCUT2D eigenvalue weighted by Crippen LogP contribution is -2.45. The lowest BCUT2D eigenvalue weighted by Gasteiger charge is -2.35. The Kier molecular flexibility index (Phi) is 6.00. The van der Waals surface area contributed by atoms with Crippen LogP contribution in [-0.4, -0.2) is 48.9 Å². The van der Waals surface area contributed by atoms with Gasteiger partial charge in [0.2, 0.25) is 0 Å². The van der Waals surface area contributed by atoms with Crippen LogP contribution in [-0.2, 0) is 31.9 Å². The highest BCUT2D eigenvalue weighted by atomic mass is 35.5. The van der Waals surface area contributed by atoms with E-state index in [2.05, 4.69) is 4.90 Å². The summed E-state index contributed by atoms with van der Waals surface area (Å²) < 4.78 is 10.2. The number of halogens is 2. The van der Waals surface area contributed by atoms with Gasteiger partial charge in [0, 0.05) is 37.2 Å². The van der Waals surface area contributed by atoms with Gasteiger partial charge in [-0.2, -0.15) is 0 Å². The highest BCUT2D eigenvalue weighted by Crippen LogP contribution is 2.24. The summed E-state index contributed by atoms with van der Waals surface area (Å²) in [5.74, 6) is 0.695. The van der Waals surface area contributed by atoms with E-state index in [9.17, 15) is 9.59 Å². The number of hydrogen-bond acceptors (Lipinski definition) is 5. The van der Waals surface area contributed by atoms with Crippen molar-refractivity contribution in [2.45, 2.75) is 39.1 Å². The fraction of sp³-hybridized carbons (Fsp3) is 0.476. The molecule has 0 bridgehead atoms. The monoisotopic (exact) mass is 465 g/mol. The Bertz CT molecular complexity index is 1250. The van der Waals surface area contributed by atoms with Crippen molar-refractivity contribution in [3.05, 3.63) is 60.5 Å². The molecule has 166 valence electrons. The number of ether oxygens (including phenoxy) is 1. The third-order valence-electron chi connectivity index (χ3n) is 5.63. The molecule has 0 amide bonds. The summed E-state index contributed by atoms with van der Waals surface area (Å²) in [5.41, 5.74) is 0.756. The number of rotatable bonds is 4. The molecular weight excluding hydrogens is 441 g/mol. The first-order chi connectivity index (χ1) is 14.7. The molecule has 4 rings (SSSR count). The van der Waals surface area contributed by atoms with Crippen molar-refractivity contribution in [2.75, 3.05) is 13.1 Å². The van der Waals surface area contributed by atoms with Gasteiger partial charge >= 0.3 is 5.69 Å². The lowest BCUT2D eigenvalue weighted by molar-refractivity contribution is -0.0712. The molecule has 8 nitrogen and oxygen atoms in total. The Morgan fingerprint density at radius 2 is 1.74 bits per heavy atom. The molecule has 3 heterocycles. The molecule has 3 aromatic rings. The quantitative estimate of drug-likeness (QED) is 0.591. The maximum absolute atomic E-state index is 13.1. The van der Waals surface area contributed by atoms with Gasteiger partial charge in [-0.1, -0.05) is 29.3 Å². The van der Waals surface area contributed by atoms with Crippen LogP contribution < -0.4 is 11.2 Å². The molecule has 1 fully saturated rings. The third-order valence-corrected chi connectivity index (χ3v) is 6.22. The number of nitrogens with zero attached hydrogens (tertiary/aromatic N) is 5. The van der Waals surface area contributed by atoms with Gasteiger partial charge in [0.1, 0.15) is 5.82 Å². The molecule has 1 aliphatic heterocycles. The Labute approximate surface area is 189 Å². The molecule has 0 radical (unpaired) electrons. The molecule has 1 aromatic carbocycles. The van der Waals surface area contributed by atoms with Crippen LogP contribution in [0.4, 0.5) is 0 Å². The van der Waals surface area contributed by atoms with Gasteiger partial charge in [0.25, 0.3) is 5.56 Å². The minimum Gasteiger partial charge on any atom is -0.373 e. The maximum atomic E-state index is 13.1. The van der Waals surface area contributed by atoms with Gasteiger partial charge in [0.05, 0.1) is 25.3 Å². The van der Waals surface area contributed by atoms with Crippen molar-refractivity contribution in [2.24, 2.45) is 14.1 Å². The van der Waals surface area contributed by atoms with Crippen LogP contribution in [0.1, 0.15) is 25.2 Å². The maximum Gasteiger partial charge on any atom is 0.332 e. The van der Waals surface area contributed by atoms with Crippen LogP contribution >= 0.6 is 23.2 Å². The Balaban J connectivity index is 1.87. The molecule has 0 saturated carbocycles. The van der Waals surface area contributed by atoms with E-state index in [0.717, 1.165) is 23.2 Å². The van der Waals surface area contributed by atoms with Gasteiger partial charge in [0.15, 0.2) is 11.2 Å². The van der Waals surface area contributed by atoms with Crippen molar-refractivity contribution >= 4 is 34.4 Å². The van der Waals surface area contributed by atoms with Crippen molar-refractivity contribution in [3.8, 4) is 0 Å². The standard InChI is InChI=1S/C21H25Cl2N5O3/c1-12-8-27(9-13(2)31-12)11-17-24-19-18(20(29)26(4)21(30)25(19)3)28(17)10-14-5-6-15(22)7-16(14)23/h5-7,12-13H,8-11H2,1-4H3/t12-,13+. The van der Waals surface area contributed by atoms with Crippen molar-refractivity contribution < 1.29 is 4.74 Å². The first-order valence-corrected chi connectivity index (χ1v) is 10.9. The molecule has 31 heavy (non-hydrogen) atoms. The number of benzene rings is 1. The zero-order chi connectivity index (χ0) is 22.4. The molecular formula is C21H25Cl2N5O3. The predicted molar refractivity (Wildman–Crippen MR) is 121 cm³/mol. The molecule has 1 saturated heterocycles. The number of fused-ring (bicyclic) bond motifs is 1. The van der Waals surface area contributed by atoms with Crippen molar-refractivity contribution in [1.82, 2.24) is 23.6 Å². The Hall–Kier alpha value is -2.13. The molecule has 0 spiro atoms. The second kappa shape index (κ2) is 8.43. The number of aromatic nitrogens is 4. The van der Waals surface area contributed by atoms with E-state index < -0.39 is 5.69 Å². The van der Waals surface area contributed by atoms with Crippen LogP contribution in [0.15, 0.2) is 27.8 Å². The highest BCUT2D eigenvalue weighted by Gasteiger charge is 2.26. The molecule has 1 aliphatic rings. The van der Waals surface area contributed by atoms with Crippen LogP contribution in [0, 0.1) is 0 Å². The second-order valence-electron chi connectivity index (χ2n) is 8.18. The van der Waals surface area contributed by atoms with Gasteiger partial charge in [-0.05, 0) is 31.5 Å². The van der Waals surface area contributed by atoms with Crippen LogP contribution in [0.2, 0.25) is 10.0 Å². The molecule has 0 aliphatic carbocycles. The largest absolute Gasteiger partial charge is 0.373 e. The van der Waals surface area contributed by atoms with Crippen molar-refractivity contribution in [1.29, 1.82) is 0 Å². The van der Waals surface area contributed by atoms with Gasteiger partial charge in [-0.3, -0.25) is 18.8 Å². The average molecular weight is 466 g/mol. The summed E-state index contributed by atoms with van der Waals surface area (Å²) in [6.45, 7) is 6.45. The molecule has 2 atom stereocenters. The van der Waals surface area contributed by atoms with Gasteiger partial charge in [-0.25, -0.2) is 9.78 Å². The van der Waals surface area contributed by atoms with Gasteiger partial charge < -0.3 is 9.30 Å². The zero-order valence-corrected chi connectivity index (χ0v) is 19.4. The fourth-order valence-corrected chi connectivity index (χ4v) is 4.68. The molecule has 2 aromatic heterocycles. The first kappa shape index (κ1) is 22.1. The normalized spacial score (nSPS) is 19.9. The highest BCUT2D eigenvalue weighted by molar-refractivity contribution is 6.35. The predicted octanol–water partition coefficient (Wildman–Crippen LogP) is 2.40. The van der Waals surface area contributed by atoms with E-state index in [4.69, 9.17) is 32.9 Å². The smallest absolute Gasteiger partial charge is 0.332 e. The summed E-state index contributed by atoms with van der Waals surface area (Å²) >= 11 is 12.5. The first-order valence-electron chi connectivity index (χ1n) is 10.1. The number of morpholine rings is 1. The summed E-state index contributed by atoms with van der Waals surface area (Å²) in [6.07, 6.45) is 0.203. The lowest BCUT2D eigenvalue weighted by atomic mass is 10.2. The van der Waals surface area contributed by atoms with Crippen LogP contribution in [0.3, 0.4) is 0 Å². The number of imidazole rings is 1. The van der Waals surface area contributed by atoms with E-state index in [1.165, 1.54) is 11.6 Å². The van der Waals surface area contributed by atoms with Gasteiger partial charge in [-0.15, -0.1) is 0 Å². The van der Waals surface area contributed by atoms with Crippen molar-refractivity contribution in [3.63, 3.8) is 0 Å².